The number of Topliss-reactive ketones (excluding diaryl/α,β-unsaturated/α-hetero) is 1. The van der Waals surface area contributed by atoms with Gasteiger partial charge in [-0.3, -0.25) is 18.9 Å². The lowest BCUT2D eigenvalue weighted by atomic mass is 9.87. The van der Waals surface area contributed by atoms with Crippen molar-refractivity contribution in [3.8, 4) is 0 Å². The molecule has 1 saturated carbocycles. The number of ketones is 1. The predicted molar refractivity (Wildman–Crippen MR) is 195 cm³/mol. The second kappa shape index (κ2) is 27.9. The van der Waals surface area contributed by atoms with Crippen molar-refractivity contribution in [1.29, 1.82) is 0 Å². The Balaban J connectivity index is 2.38. The second-order valence-electron chi connectivity index (χ2n) is 14.5. The van der Waals surface area contributed by atoms with Gasteiger partial charge in [0.15, 0.2) is 6.10 Å². The summed E-state index contributed by atoms with van der Waals surface area (Å²) >= 11 is 0. The molecule has 1 aliphatic carbocycles. The fourth-order valence-corrected chi connectivity index (χ4v) is 6.76. The van der Waals surface area contributed by atoms with Gasteiger partial charge in [0.05, 0.1) is 24.9 Å². The Labute approximate surface area is 306 Å². The highest BCUT2D eigenvalue weighted by atomic mass is 31.2. The molecule has 0 aromatic heterocycles. The molecule has 1 aliphatic rings. The van der Waals surface area contributed by atoms with E-state index in [1.54, 1.807) is 12.2 Å². The maximum atomic E-state index is 12.7. The smallest absolute Gasteiger partial charge is 0.462 e. The van der Waals surface area contributed by atoms with Crippen LogP contribution in [0.3, 0.4) is 0 Å². The third-order valence-electron chi connectivity index (χ3n) is 9.81. The van der Waals surface area contributed by atoms with Crippen molar-refractivity contribution in [1.82, 2.24) is 0 Å². The lowest BCUT2D eigenvalue weighted by molar-refractivity contribution is -0.161. The second-order valence-corrected chi connectivity index (χ2v) is 15.7. The molecule has 12 nitrogen and oxygen atoms in total. The molecule has 0 radical (unpaired) electrons. The zero-order chi connectivity index (χ0) is 38.1. The van der Waals surface area contributed by atoms with Crippen molar-refractivity contribution in [3.05, 3.63) is 12.2 Å². The van der Waals surface area contributed by atoms with Gasteiger partial charge in [0.1, 0.15) is 12.4 Å². The SMILES string of the molecule is CCCCC[C@H](O)/C=C/[C@@H]1[C@@H](CC(=O)CCCCC(=O)O[C@H](COC(=O)CCCCCCCCCCC(C)CC)COP(=O)(O)O)[C@@H](O)C[C@H]1O. The molecule has 0 aliphatic heterocycles. The van der Waals surface area contributed by atoms with E-state index in [4.69, 9.17) is 19.3 Å². The molecule has 0 aromatic carbocycles. The molecular weight excluding hydrogens is 679 g/mol. The summed E-state index contributed by atoms with van der Waals surface area (Å²) in [4.78, 5) is 55.7. The maximum absolute atomic E-state index is 12.7. The van der Waals surface area contributed by atoms with Crippen LogP contribution in [0.25, 0.3) is 0 Å². The molecular formula is C38H69O12P. The maximum Gasteiger partial charge on any atom is 0.469 e. The van der Waals surface area contributed by atoms with Crippen LogP contribution in [-0.4, -0.2) is 80.5 Å². The van der Waals surface area contributed by atoms with Crippen LogP contribution in [0.4, 0.5) is 0 Å². The van der Waals surface area contributed by atoms with E-state index in [0.717, 1.165) is 44.4 Å². The van der Waals surface area contributed by atoms with Gasteiger partial charge in [0, 0.05) is 43.9 Å². The summed E-state index contributed by atoms with van der Waals surface area (Å²) in [6.07, 6.45) is 15.8. The highest BCUT2D eigenvalue weighted by Crippen LogP contribution is 2.37. The Morgan fingerprint density at radius 1 is 0.784 bits per heavy atom. The van der Waals surface area contributed by atoms with E-state index in [-0.39, 0.29) is 37.9 Å². The largest absolute Gasteiger partial charge is 0.469 e. The van der Waals surface area contributed by atoms with Crippen LogP contribution in [-0.2, 0) is 32.9 Å². The summed E-state index contributed by atoms with van der Waals surface area (Å²) in [6.45, 7) is 5.55. The molecule has 13 heteroatoms. The minimum Gasteiger partial charge on any atom is -0.462 e. The van der Waals surface area contributed by atoms with Crippen molar-refractivity contribution >= 4 is 25.5 Å². The predicted octanol–water partition coefficient (Wildman–Crippen LogP) is 6.87. The van der Waals surface area contributed by atoms with E-state index in [1.807, 2.05) is 0 Å². The number of rotatable bonds is 31. The summed E-state index contributed by atoms with van der Waals surface area (Å²) in [6, 6.07) is 0. The number of phosphoric ester groups is 1. The molecule has 1 fully saturated rings. The van der Waals surface area contributed by atoms with Crippen LogP contribution in [0.1, 0.15) is 156 Å². The normalized spacial score (nSPS) is 21.1. The lowest BCUT2D eigenvalue weighted by Crippen LogP contribution is -2.29. The summed E-state index contributed by atoms with van der Waals surface area (Å²) in [5.74, 6) is -1.40. The van der Waals surface area contributed by atoms with Gasteiger partial charge in [-0.25, -0.2) is 4.57 Å². The molecule has 5 N–H and O–H groups in total. The number of unbranched alkanes of at least 4 members (excludes halogenated alkanes) is 10. The van der Waals surface area contributed by atoms with E-state index in [2.05, 4.69) is 25.3 Å². The van der Waals surface area contributed by atoms with Crippen LogP contribution < -0.4 is 0 Å². The van der Waals surface area contributed by atoms with Crippen LogP contribution in [0.15, 0.2) is 12.2 Å². The number of carbonyl (C=O) groups is 3. The zero-order valence-electron chi connectivity index (χ0n) is 31.5. The highest BCUT2D eigenvalue weighted by molar-refractivity contribution is 7.46. The number of aliphatic hydroxyl groups is 3. The number of ether oxygens (including phenoxy) is 2. The van der Waals surface area contributed by atoms with Crippen molar-refractivity contribution in [2.24, 2.45) is 17.8 Å². The molecule has 0 saturated heterocycles. The van der Waals surface area contributed by atoms with Gasteiger partial charge in [-0.15, -0.1) is 0 Å². The molecule has 0 aromatic rings. The lowest BCUT2D eigenvalue weighted by Gasteiger charge is -2.20. The van der Waals surface area contributed by atoms with Crippen molar-refractivity contribution in [2.45, 2.75) is 180 Å². The van der Waals surface area contributed by atoms with E-state index in [0.29, 0.717) is 25.7 Å². The number of esters is 2. The van der Waals surface area contributed by atoms with Gasteiger partial charge in [0.25, 0.3) is 0 Å². The summed E-state index contributed by atoms with van der Waals surface area (Å²) in [5.41, 5.74) is 0. The first-order valence-electron chi connectivity index (χ1n) is 19.5. The summed E-state index contributed by atoms with van der Waals surface area (Å²) in [7, 11) is -4.85. The first-order valence-corrected chi connectivity index (χ1v) is 21.1. The number of hydrogen-bond donors (Lipinski definition) is 5. The molecule has 7 atom stereocenters. The van der Waals surface area contributed by atoms with Crippen LogP contribution in [0.5, 0.6) is 0 Å². The van der Waals surface area contributed by atoms with E-state index >= 15 is 0 Å². The molecule has 0 bridgehead atoms. The minimum absolute atomic E-state index is 0.0649. The van der Waals surface area contributed by atoms with Crippen molar-refractivity contribution in [2.75, 3.05) is 13.2 Å². The van der Waals surface area contributed by atoms with E-state index in [1.165, 1.54) is 38.5 Å². The van der Waals surface area contributed by atoms with Crippen LogP contribution >= 0.6 is 7.82 Å². The molecule has 0 spiro atoms. The van der Waals surface area contributed by atoms with Crippen LogP contribution in [0.2, 0.25) is 0 Å². The Morgan fingerprint density at radius 2 is 1.37 bits per heavy atom. The Kier molecular flexibility index (Phi) is 25.9. The van der Waals surface area contributed by atoms with Crippen molar-refractivity contribution < 1.29 is 58.1 Å². The average molecular weight is 749 g/mol. The third kappa shape index (κ3) is 24.3. The fraction of sp³-hybridized carbons (Fsp3) is 0.868. The van der Waals surface area contributed by atoms with Gasteiger partial charge >= 0.3 is 19.8 Å². The number of carbonyl (C=O) groups excluding carboxylic acids is 3. The average Bonchev–Trinajstić information content (AvgIpc) is 3.34. The summed E-state index contributed by atoms with van der Waals surface area (Å²) < 4.78 is 26.2. The van der Waals surface area contributed by atoms with Crippen LogP contribution in [0, 0.1) is 17.8 Å². The molecule has 1 unspecified atom stereocenters. The highest BCUT2D eigenvalue weighted by Gasteiger charge is 2.41. The van der Waals surface area contributed by atoms with Gasteiger partial charge < -0.3 is 34.6 Å². The number of hydrogen-bond acceptors (Lipinski definition) is 10. The Morgan fingerprint density at radius 3 is 2.02 bits per heavy atom. The minimum atomic E-state index is -4.85. The topological polar surface area (TPSA) is 197 Å². The van der Waals surface area contributed by atoms with Gasteiger partial charge in [-0.1, -0.05) is 110 Å². The van der Waals surface area contributed by atoms with Gasteiger partial charge in [-0.05, 0) is 31.6 Å². The van der Waals surface area contributed by atoms with Gasteiger partial charge in [0.2, 0.25) is 0 Å². The quantitative estimate of drug-likeness (QED) is 0.0214. The Hall–Kier alpha value is -1.66. The first kappa shape index (κ1) is 47.4. The number of aliphatic hydroxyl groups excluding tert-OH is 3. The van der Waals surface area contributed by atoms with E-state index < -0.39 is 69.2 Å². The standard InChI is InChI=1S/C38H69O12P/c1-4-6-13-19-30(39)23-24-33-34(36(42)26-35(33)41)25-31(40)20-16-17-22-38(44)50-32(28-49-51(45,46)47)27-48-37(43)21-15-12-10-8-7-9-11-14-18-29(3)5-2/h23-24,29-30,32-36,39,41-42H,4-22,25-28H2,1-3H3,(H2,45,46,47)/b24-23+/t29?,30-,32+,33+,34+,35+,36-/m0/s1. The molecule has 1 rings (SSSR count). The van der Waals surface area contributed by atoms with E-state index in [9.17, 15) is 34.3 Å². The molecule has 51 heavy (non-hydrogen) atoms. The summed E-state index contributed by atoms with van der Waals surface area (Å²) in [5, 5.41) is 31.1. The zero-order valence-corrected chi connectivity index (χ0v) is 32.4. The van der Waals surface area contributed by atoms with Gasteiger partial charge in [-0.2, -0.15) is 0 Å². The number of phosphoric acid groups is 1. The monoisotopic (exact) mass is 748 g/mol. The third-order valence-corrected chi connectivity index (χ3v) is 10.3. The van der Waals surface area contributed by atoms with Crippen molar-refractivity contribution in [3.63, 3.8) is 0 Å². The molecule has 0 heterocycles. The fourth-order valence-electron chi connectivity index (χ4n) is 6.40. The molecule has 0 amide bonds. The Bertz CT molecular complexity index is 1030. The molecule has 298 valence electrons. The first-order chi connectivity index (χ1) is 24.2.